The van der Waals surface area contributed by atoms with Crippen molar-refractivity contribution in [3.63, 3.8) is 0 Å². The summed E-state index contributed by atoms with van der Waals surface area (Å²) in [6, 6.07) is 5.64. The zero-order valence-corrected chi connectivity index (χ0v) is 17.5. The molecular weight excluding hydrogens is 344 g/mol. The molecule has 0 aromatic heterocycles. The van der Waals surface area contributed by atoms with Crippen LogP contribution in [0.5, 0.6) is 0 Å². The maximum atomic E-state index is 14.4. The summed E-state index contributed by atoms with van der Waals surface area (Å²) in [6.45, 7) is 12.5. The highest BCUT2D eigenvalue weighted by molar-refractivity contribution is 6.62. The van der Waals surface area contributed by atoms with Crippen LogP contribution in [0.25, 0.3) is 0 Å². The summed E-state index contributed by atoms with van der Waals surface area (Å²) >= 11 is 0. The van der Waals surface area contributed by atoms with Crippen molar-refractivity contribution >= 4 is 12.6 Å². The number of rotatable bonds is 8. The second kappa shape index (κ2) is 7.82. The molecule has 1 saturated carbocycles. The van der Waals surface area contributed by atoms with Gasteiger partial charge in [0.05, 0.1) is 17.8 Å². The average Bonchev–Trinajstić information content (AvgIpc) is 3.38. The molecule has 0 radical (unpaired) electrons. The molecule has 0 bridgehead atoms. The van der Waals surface area contributed by atoms with E-state index in [4.69, 9.17) is 14.0 Å². The molecule has 1 heterocycles. The number of ether oxygens (including phenoxy) is 1. The maximum absolute atomic E-state index is 14.4. The summed E-state index contributed by atoms with van der Waals surface area (Å²) < 4.78 is 31.9. The number of methoxy groups -OCH3 is 1. The lowest BCUT2D eigenvalue weighted by Crippen LogP contribution is -2.41. The fraction of sp³-hybridized carbons (Fsp3) is 0.714. The van der Waals surface area contributed by atoms with Gasteiger partial charge in [0, 0.05) is 26.2 Å². The van der Waals surface area contributed by atoms with Crippen LogP contribution in [0.3, 0.4) is 0 Å². The van der Waals surface area contributed by atoms with E-state index in [1.54, 1.807) is 13.2 Å². The van der Waals surface area contributed by atoms with Crippen molar-refractivity contribution in [2.45, 2.75) is 71.2 Å². The van der Waals surface area contributed by atoms with Gasteiger partial charge in [-0.05, 0) is 76.5 Å². The predicted molar refractivity (Wildman–Crippen MR) is 107 cm³/mol. The Morgan fingerprint density at radius 2 is 1.81 bits per heavy atom. The molecule has 1 unspecified atom stereocenters. The van der Waals surface area contributed by atoms with Gasteiger partial charge < -0.3 is 14.0 Å². The van der Waals surface area contributed by atoms with Gasteiger partial charge in [-0.25, -0.2) is 4.39 Å². The summed E-state index contributed by atoms with van der Waals surface area (Å²) in [5.74, 6) is 0.501. The van der Waals surface area contributed by atoms with Crippen molar-refractivity contribution in [2.24, 2.45) is 5.92 Å². The lowest BCUT2D eigenvalue weighted by molar-refractivity contribution is 0.00578. The van der Waals surface area contributed by atoms with Gasteiger partial charge in [0.1, 0.15) is 5.82 Å². The van der Waals surface area contributed by atoms with Crippen molar-refractivity contribution in [1.29, 1.82) is 0 Å². The van der Waals surface area contributed by atoms with Crippen molar-refractivity contribution in [1.82, 2.24) is 4.90 Å². The van der Waals surface area contributed by atoms with E-state index in [0.29, 0.717) is 19.2 Å². The molecular formula is C21H33BFNO3. The summed E-state index contributed by atoms with van der Waals surface area (Å²) in [7, 11) is 1.18. The van der Waals surface area contributed by atoms with Gasteiger partial charge in [0.2, 0.25) is 0 Å². The van der Waals surface area contributed by atoms with Crippen molar-refractivity contribution in [3.05, 3.63) is 29.6 Å². The standard InChI is InChI=1S/C21H33BFNO3/c1-15(17-7-8-17)24(9-10-25-6)14-16-11-18(13-19(23)12-16)22-26-20(2,3)21(4,5)27-22/h11-13,15,17H,7-10,14H2,1-6H3. The van der Waals surface area contributed by atoms with E-state index in [0.717, 1.165) is 23.5 Å². The molecule has 2 aliphatic rings. The van der Waals surface area contributed by atoms with Crippen LogP contribution in [-0.2, 0) is 20.6 Å². The molecule has 1 atom stereocenters. The average molecular weight is 377 g/mol. The van der Waals surface area contributed by atoms with E-state index in [9.17, 15) is 4.39 Å². The van der Waals surface area contributed by atoms with Gasteiger partial charge in [-0.2, -0.15) is 0 Å². The van der Waals surface area contributed by atoms with Gasteiger partial charge in [-0.1, -0.05) is 6.07 Å². The summed E-state index contributed by atoms with van der Waals surface area (Å²) in [5.41, 5.74) is 0.822. The second-order valence-corrected chi connectivity index (χ2v) is 9.02. The van der Waals surface area contributed by atoms with Gasteiger partial charge >= 0.3 is 7.12 Å². The van der Waals surface area contributed by atoms with Crippen LogP contribution >= 0.6 is 0 Å². The third kappa shape index (κ3) is 4.73. The number of nitrogens with zero attached hydrogens (tertiary/aromatic N) is 1. The Morgan fingerprint density at radius 3 is 2.37 bits per heavy atom. The molecule has 0 N–H and O–H groups in total. The molecule has 4 nitrogen and oxygen atoms in total. The van der Waals surface area contributed by atoms with Crippen molar-refractivity contribution in [3.8, 4) is 0 Å². The number of hydrogen-bond acceptors (Lipinski definition) is 4. The molecule has 3 rings (SSSR count). The highest BCUT2D eigenvalue weighted by Crippen LogP contribution is 2.37. The minimum absolute atomic E-state index is 0.247. The molecule has 0 spiro atoms. The minimum atomic E-state index is -0.544. The topological polar surface area (TPSA) is 30.9 Å². The fourth-order valence-corrected chi connectivity index (χ4v) is 3.63. The van der Waals surface area contributed by atoms with Crippen LogP contribution in [-0.4, -0.2) is 49.5 Å². The number of hydrogen-bond donors (Lipinski definition) is 0. The van der Waals surface area contributed by atoms with E-state index in [-0.39, 0.29) is 5.82 Å². The molecule has 1 aromatic carbocycles. The van der Waals surface area contributed by atoms with Gasteiger partial charge in [0.25, 0.3) is 0 Å². The van der Waals surface area contributed by atoms with E-state index in [1.165, 1.54) is 18.9 Å². The van der Waals surface area contributed by atoms with Crippen LogP contribution in [0.1, 0.15) is 53.0 Å². The van der Waals surface area contributed by atoms with Crippen molar-refractivity contribution in [2.75, 3.05) is 20.3 Å². The minimum Gasteiger partial charge on any atom is -0.399 e. The Labute approximate surface area is 163 Å². The molecule has 27 heavy (non-hydrogen) atoms. The first kappa shape index (κ1) is 20.8. The van der Waals surface area contributed by atoms with E-state index >= 15 is 0 Å². The Hall–Kier alpha value is -0.945. The van der Waals surface area contributed by atoms with E-state index in [2.05, 4.69) is 11.8 Å². The van der Waals surface area contributed by atoms with Crippen LogP contribution in [0.4, 0.5) is 4.39 Å². The first-order valence-corrected chi connectivity index (χ1v) is 10.0. The Balaban J connectivity index is 1.78. The lowest BCUT2D eigenvalue weighted by atomic mass is 9.78. The summed E-state index contributed by atoms with van der Waals surface area (Å²) in [6.07, 6.45) is 2.57. The van der Waals surface area contributed by atoms with Crippen LogP contribution in [0.15, 0.2) is 18.2 Å². The van der Waals surface area contributed by atoms with Crippen LogP contribution in [0, 0.1) is 11.7 Å². The quantitative estimate of drug-likeness (QED) is 0.650. The molecule has 6 heteroatoms. The van der Waals surface area contributed by atoms with Gasteiger partial charge in [-0.3, -0.25) is 4.90 Å². The molecule has 1 saturated heterocycles. The third-order valence-electron chi connectivity index (χ3n) is 6.35. The highest BCUT2D eigenvalue weighted by Gasteiger charge is 2.51. The van der Waals surface area contributed by atoms with Crippen LogP contribution in [0.2, 0.25) is 0 Å². The SMILES string of the molecule is COCCN(Cc1cc(F)cc(B2OC(C)(C)C(C)(C)O2)c1)C(C)C1CC1. The Bertz CT molecular complexity index is 647. The summed E-state index contributed by atoms with van der Waals surface area (Å²) in [4.78, 5) is 2.39. The van der Waals surface area contributed by atoms with Crippen molar-refractivity contribution < 1.29 is 18.4 Å². The zero-order chi connectivity index (χ0) is 19.8. The summed E-state index contributed by atoms with van der Waals surface area (Å²) in [5, 5.41) is 0. The third-order valence-corrected chi connectivity index (χ3v) is 6.35. The lowest BCUT2D eigenvalue weighted by Gasteiger charge is -2.32. The largest absolute Gasteiger partial charge is 0.494 e. The normalized spacial score (nSPS) is 22.4. The number of halogens is 1. The molecule has 1 aromatic rings. The van der Waals surface area contributed by atoms with E-state index in [1.807, 2.05) is 33.8 Å². The molecule has 150 valence electrons. The smallest absolute Gasteiger partial charge is 0.399 e. The zero-order valence-electron chi connectivity index (χ0n) is 17.5. The maximum Gasteiger partial charge on any atom is 0.494 e. The monoisotopic (exact) mass is 377 g/mol. The number of benzene rings is 1. The fourth-order valence-electron chi connectivity index (χ4n) is 3.63. The Kier molecular flexibility index (Phi) is 6.02. The van der Waals surface area contributed by atoms with Crippen LogP contribution < -0.4 is 5.46 Å². The Morgan fingerprint density at radius 1 is 1.19 bits per heavy atom. The molecule has 0 amide bonds. The first-order valence-electron chi connectivity index (χ1n) is 10.0. The predicted octanol–water partition coefficient (Wildman–Crippen LogP) is 3.37. The van der Waals surface area contributed by atoms with Gasteiger partial charge in [0.15, 0.2) is 0 Å². The molecule has 2 fully saturated rings. The second-order valence-electron chi connectivity index (χ2n) is 9.02. The first-order chi connectivity index (χ1) is 12.6. The van der Waals surface area contributed by atoms with E-state index < -0.39 is 18.3 Å². The molecule has 1 aliphatic carbocycles. The molecule has 1 aliphatic heterocycles. The van der Waals surface area contributed by atoms with Gasteiger partial charge in [-0.15, -0.1) is 0 Å². The highest BCUT2D eigenvalue weighted by atomic mass is 19.1.